The third-order valence-electron chi connectivity index (χ3n) is 3.56. The fraction of sp³-hybridized carbons (Fsp3) is 0.571. The van der Waals surface area contributed by atoms with Gasteiger partial charge in [-0.1, -0.05) is 6.92 Å². The minimum Gasteiger partial charge on any atom is -0.373 e. The maximum absolute atomic E-state index is 12.5. The lowest BCUT2D eigenvalue weighted by atomic mass is 10.1. The third kappa shape index (κ3) is 2.47. The van der Waals surface area contributed by atoms with Crippen LogP contribution in [0.3, 0.4) is 0 Å². The van der Waals surface area contributed by atoms with E-state index in [1.165, 1.54) is 0 Å². The number of carbonyl (C=O) groups is 1. The lowest BCUT2D eigenvalue weighted by Gasteiger charge is -2.22. The summed E-state index contributed by atoms with van der Waals surface area (Å²) in [5, 5.41) is 3.02. The molecule has 0 aliphatic carbocycles. The number of rotatable bonds is 3. The van der Waals surface area contributed by atoms with Crippen molar-refractivity contribution >= 4 is 11.7 Å². The second-order valence-electron chi connectivity index (χ2n) is 4.83. The van der Waals surface area contributed by atoms with Crippen molar-refractivity contribution in [1.82, 2.24) is 9.88 Å². The Balaban J connectivity index is 2.29. The normalized spacial score (nSPS) is 19.1. The van der Waals surface area contributed by atoms with Crippen LogP contribution in [0, 0.1) is 0 Å². The number of nitrogens with one attached hydrogen (secondary N) is 1. The minimum atomic E-state index is 0.133. The van der Waals surface area contributed by atoms with E-state index < -0.39 is 0 Å². The van der Waals surface area contributed by atoms with Gasteiger partial charge in [-0.05, 0) is 38.3 Å². The van der Waals surface area contributed by atoms with Crippen molar-refractivity contribution in [2.45, 2.75) is 39.2 Å². The van der Waals surface area contributed by atoms with Crippen molar-refractivity contribution in [3.8, 4) is 0 Å². The van der Waals surface area contributed by atoms with Crippen LogP contribution in [-0.2, 0) is 6.42 Å². The largest absolute Gasteiger partial charge is 0.373 e. The Morgan fingerprint density at radius 3 is 2.89 bits per heavy atom. The van der Waals surface area contributed by atoms with Gasteiger partial charge in [-0.2, -0.15) is 0 Å². The van der Waals surface area contributed by atoms with Crippen LogP contribution in [0.15, 0.2) is 12.1 Å². The highest BCUT2D eigenvalue weighted by atomic mass is 16.2. The zero-order valence-electron chi connectivity index (χ0n) is 11.4. The molecule has 0 radical (unpaired) electrons. The molecule has 1 aliphatic heterocycles. The zero-order valence-corrected chi connectivity index (χ0v) is 11.4. The molecule has 4 nitrogen and oxygen atoms in total. The van der Waals surface area contributed by atoms with Gasteiger partial charge >= 0.3 is 0 Å². The first kappa shape index (κ1) is 12.9. The average Bonchev–Trinajstić information content (AvgIpc) is 2.83. The van der Waals surface area contributed by atoms with Crippen molar-refractivity contribution in [2.24, 2.45) is 0 Å². The molecule has 1 fully saturated rings. The monoisotopic (exact) mass is 247 g/mol. The molecule has 1 unspecified atom stereocenters. The lowest BCUT2D eigenvalue weighted by molar-refractivity contribution is 0.0747. The molecular formula is C14H21N3O. The van der Waals surface area contributed by atoms with Gasteiger partial charge in [-0.3, -0.25) is 4.79 Å². The van der Waals surface area contributed by atoms with Crippen LogP contribution in [-0.4, -0.2) is 35.4 Å². The van der Waals surface area contributed by atoms with E-state index >= 15 is 0 Å². The molecule has 2 heterocycles. The number of hydrogen-bond acceptors (Lipinski definition) is 3. The summed E-state index contributed by atoms with van der Waals surface area (Å²) in [6.07, 6.45) is 3.05. The van der Waals surface area contributed by atoms with E-state index in [1.54, 1.807) is 0 Å². The predicted molar refractivity (Wildman–Crippen MR) is 72.9 cm³/mol. The summed E-state index contributed by atoms with van der Waals surface area (Å²) in [4.78, 5) is 18.8. The molecule has 4 heteroatoms. The first-order chi connectivity index (χ1) is 8.65. The quantitative estimate of drug-likeness (QED) is 0.891. The first-order valence-electron chi connectivity index (χ1n) is 6.65. The fourth-order valence-corrected chi connectivity index (χ4v) is 2.42. The van der Waals surface area contributed by atoms with Crippen LogP contribution in [0.2, 0.25) is 0 Å². The van der Waals surface area contributed by atoms with Crippen molar-refractivity contribution in [3.63, 3.8) is 0 Å². The Labute approximate surface area is 108 Å². The van der Waals surface area contributed by atoms with E-state index in [0.29, 0.717) is 6.04 Å². The predicted octanol–water partition coefficient (Wildman–Crippen LogP) is 2.31. The van der Waals surface area contributed by atoms with E-state index in [9.17, 15) is 4.79 Å². The summed E-state index contributed by atoms with van der Waals surface area (Å²) < 4.78 is 0. The molecule has 0 aromatic carbocycles. The van der Waals surface area contributed by atoms with E-state index in [4.69, 9.17) is 0 Å². The highest BCUT2D eigenvalue weighted by Crippen LogP contribution is 2.21. The molecule has 0 saturated carbocycles. The Morgan fingerprint density at radius 1 is 1.56 bits per heavy atom. The maximum atomic E-state index is 12.5. The van der Waals surface area contributed by atoms with Gasteiger partial charge in [-0.25, -0.2) is 4.98 Å². The number of carbonyl (C=O) groups excluding carboxylic acids is 1. The second-order valence-corrected chi connectivity index (χ2v) is 4.83. The van der Waals surface area contributed by atoms with Gasteiger partial charge in [0.05, 0.1) is 0 Å². The van der Waals surface area contributed by atoms with Gasteiger partial charge in [0.15, 0.2) is 0 Å². The molecule has 1 aliphatic rings. The van der Waals surface area contributed by atoms with Crippen LogP contribution >= 0.6 is 0 Å². The summed E-state index contributed by atoms with van der Waals surface area (Å²) in [5.74, 6) is 0.901. The molecule has 98 valence electrons. The zero-order chi connectivity index (χ0) is 13.1. The van der Waals surface area contributed by atoms with Crippen LogP contribution in [0.1, 0.15) is 42.7 Å². The summed E-state index contributed by atoms with van der Waals surface area (Å²) in [7, 11) is 1.83. The van der Waals surface area contributed by atoms with Crippen LogP contribution in [0.4, 0.5) is 5.82 Å². The molecule has 1 saturated heterocycles. The van der Waals surface area contributed by atoms with Crippen LogP contribution in [0.5, 0.6) is 0 Å². The van der Waals surface area contributed by atoms with Gasteiger partial charge in [0.2, 0.25) is 0 Å². The van der Waals surface area contributed by atoms with Gasteiger partial charge in [-0.15, -0.1) is 0 Å². The molecule has 18 heavy (non-hydrogen) atoms. The Morgan fingerprint density at radius 2 is 2.33 bits per heavy atom. The standard InChI is InChI=1S/C14H21N3O/c1-4-12-8-11(9-13(15-3)16-12)14(18)17-7-5-6-10(17)2/h8-10H,4-7H2,1-3H3,(H,15,16). The lowest BCUT2D eigenvalue weighted by Crippen LogP contribution is -2.33. The Kier molecular flexibility index (Phi) is 3.84. The highest BCUT2D eigenvalue weighted by Gasteiger charge is 2.26. The fourth-order valence-electron chi connectivity index (χ4n) is 2.42. The topological polar surface area (TPSA) is 45.2 Å². The average molecular weight is 247 g/mol. The molecule has 1 amide bonds. The third-order valence-corrected chi connectivity index (χ3v) is 3.56. The smallest absolute Gasteiger partial charge is 0.254 e. The van der Waals surface area contributed by atoms with Crippen molar-refractivity contribution in [1.29, 1.82) is 0 Å². The molecule has 1 N–H and O–H groups in total. The molecule has 0 bridgehead atoms. The van der Waals surface area contributed by atoms with Gasteiger partial charge in [0.1, 0.15) is 5.82 Å². The van der Waals surface area contributed by atoms with Crippen molar-refractivity contribution < 1.29 is 4.79 Å². The molecule has 1 aromatic rings. The van der Waals surface area contributed by atoms with Crippen LogP contribution < -0.4 is 5.32 Å². The molecule has 2 rings (SSSR count). The minimum absolute atomic E-state index is 0.133. The number of amides is 1. The molecule has 1 aromatic heterocycles. The number of likely N-dealkylation sites (tertiary alicyclic amines) is 1. The summed E-state index contributed by atoms with van der Waals surface area (Å²) in [6, 6.07) is 4.11. The van der Waals surface area contributed by atoms with Crippen molar-refractivity contribution in [3.05, 3.63) is 23.4 Å². The molecule has 0 spiro atoms. The molecule has 1 atom stereocenters. The van der Waals surface area contributed by atoms with Gasteiger partial charge in [0, 0.05) is 30.9 Å². The maximum Gasteiger partial charge on any atom is 0.254 e. The first-order valence-corrected chi connectivity index (χ1v) is 6.65. The van der Waals surface area contributed by atoms with Crippen LogP contribution in [0.25, 0.3) is 0 Å². The summed E-state index contributed by atoms with van der Waals surface area (Å²) >= 11 is 0. The van der Waals surface area contributed by atoms with Gasteiger partial charge < -0.3 is 10.2 Å². The number of anilines is 1. The van der Waals surface area contributed by atoms with Crippen molar-refractivity contribution in [2.75, 3.05) is 18.9 Å². The number of pyridine rings is 1. The Hall–Kier alpha value is -1.58. The highest BCUT2D eigenvalue weighted by molar-refractivity contribution is 5.95. The number of nitrogens with zero attached hydrogens (tertiary/aromatic N) is 2. The van der Waals surface area contributed by atoms with E-state index in [0.717, 1.165) is 42.9 Å². The number of aryl methyl sites for hydroxylation is 1. The van der Waals surface area contributed by atoms with E-state index in [2.05, 4.69) is 24.1 Å². The van der Waals surface area contributed by atoms with E-state index in [-0.39, 0.29) is 5.91 Å². The van der Waals surface area contributed by atoms with E-state index in [1.807, 2.05) is 24.1 Å². The second kappa shape index (κ2) is 5.38. The number of aromatic nitrogens is 1. The SMILES string of the molecule is CCc1cc(C(=O)N2CCCC2C)cc(NC)n1. The summed E-state index contributed by atoms with van der Waals surface area (Å²) in [6.45, 7) is 5.04. The molecular weight excluding hydrogens is 226 g/mol. The number of hydrogen-bond donors (Lipinski definition) is 1. The Bertz CT molecular complexity index is 422. The van der Waals surface area contributed by atoms with Gasteiger partial charge in [0.25, 0.3) is 5.91 Å². The summed E-state index contributed by atoms with van der Waals surface area (Å²) in [5.41, 5.74) is 1.71.